The lowest BCUT2D eigenvalue weighted by molar-refractivity contribution is -0.169. The van der Waals surface area contributed by atoms with Gasteiger partial charge in [0.05, 0.1) is 0 Å². The minimum absolute atomic E-state index is 0.0738. The second-order valence-corrected chi connectivity index (χ2v) is 2.38. The summed E-state index contributed by atoms with van der Waals surface area (Å²) in [5.41, 5.74) is 1.97. The molecule has 0 aliphatic carbocycles. The summed E-state index contributed by atoms with van der Waals surface area (Å²) in [6, 6.07) is 0. The molecule has 0 fully saturated rings. The molecular formula is C6H10N2O6. The maximum atomic E-state index is 10.5. The third-order valence-corrected chi connectivity index (χ3v) is 1.50. The van der Waals surface area contributed by atoms with Crippen molar-refractivity contribution in [3.05, 3.63) is 0 Å². The van der Waals surface area contributed by atoms with Gasteiger partial charge >= 0.3 is 23.4 Å². The average Bonchev–Trinajstić information content (AvgIpc) is 2.03. The molecule has 0 bridgehead atoms. The second kappa shape index (κ2) is 4.53. The van der Waals surface area contributed by atoms with Crippen LogP contribution in [-0.4, -0.2) is 51.9 Å². The predicted molar refractivity (Wildman–Crippen MR) is 42.7 cm³/mol. The van der Waals surface area contributed by atoms with Gasteiger partial charge in [0.15, 0.2) is 0 Å². The molecule has 0 rings (SSSR count). The first-order valence-electron chi connectivity index (χ1n) is 3.54. The van der Waals surface area contributed by atoms with Gasteiger partial charge in [0.1, 0.15) is 0 Å². The second-order valence-electron chi connectivity index (χ2n) is 2.38. The van der Waals surface area contributed by atoms with Crippen molar-refractivity contribution in [1.82, 2.24) is 5.32 Å². The van der Waals surface area contributed by atoms with Crippen molar-refractivity contribution in [3.63, 3.8) is 0 Å². The number of aliphatic carboxylic acids is 3. The van der Waals surface area contributed by atoms with Crippen LogP contribution >= 0.6 is 0 Å². The van der Waals surface area contributed by atoms with Gasteiger partial charge in [-0.3, -0.25) is 5.32 Å². The molecule has 0 spiro atoms. The normalized spacial score (nSPS) is 10.9. The highest BCUT2D eigenvalue weighted by atomic mass is 16.4. The third-order valence-electron chi connectivity index (χ3n) is 1.50. The van der Waals surface area contributed by atoms with E-state index in [2.05, 4.69) is 0 Å². The van der Waals surface area contributed by atoms with E-state index in [1.165, 1.54) is 0 Å². The molecule has 0 aromatic heterocycles. The smallest absolute Gasteiger partial charge is 0.347 e. The maximum absolute atomic E-state index is 10.5. The number of hydrogen-bond acceptors (Lipinski definition) is 5. The minimum atomic E-state index is -3.03. The van der Waals surface area contributed by atoms with Gasteiger partial charge in [-0.15, -0.1) is 0 Å². The molecule has 6 N–H and O–H groups in total. The summed E-state index contributed by atoms with van der Waals surface area (Å²) in [4.78, 5) is 31.6. The van der Waals surface area contributed by atoms with Crippen molar-refractivity contribution in [1.29, 1.82) is 0 Å². The fourth-order valence-corrected chi connectivity index (χ4v) is 0.761. The number of nitrogens with one attached hydrogen (secondary N) is 1. The van der Waals surface area contributed by atoms with E-state index in [0.717, 1.165) is 0 Å². The van der Waals surface area contributed by atoms with E-state index in [9.17, 15) is 14.4 Å². The Morgan fingerprint density at radius 3 is 1.64 bits per heavy atom. The molecule has 0 aliphatic heterocycles. The van der Waals surface area contributed by atoms with Crippen molar-refractivity contribution in [3.8, 4) is 0 Å². The Morgan fingerprint density at radius 2 is 1.43 bits per heavy atom. The summed E-state index contributed by atoms with van der Waals surface area (Å²) in [5.74, 6) is -5.98. The van der Waals surface area contributed by atoms with Crippen LogP contribution in [0.25, 0.3) is 0 Å². The summed E-state index contributed by atoms with van der Waals surface area (Å²) in [6.07, 6.45) is 0. The van der Waals surface area contributed by atoms with Crippen LogP contribution in [-0.2, 0) is 14.4 Å². The summed E-state index contributed by atoms with van der Waals surface area (Å²) in [5, 5.41) is 27.4. The summed E-state index contributed by atoms with van der Waals surface area (Å²) in [6.45, 7) is -0.305. The van der Waals surface area contributed by atoms with Crippen molar-refractivity contribution in [2.75, 3.05) is 13.1 Å². The highest BCUT2D eigenvalue weighted by Crippen LogP contribution is 2.05. The minimum Gasteiger partial charge on any atom is -0.479 e. The van der Waals surface area contributed by atoms with E-state index >= 15 is 0 Å². The van der Waals surface area contributed by atoms with Gasteiger partial charge in [-0.05, 0) is 0 Å². The van der Waals surface area contributed by atoms with Gasteiger partial charge in [-0.25, -0.2) is 14.4 Å². The molecule has 0 aromatic rings. The van der Waals surface area contributed by atoms with Crippen LogP contribution in [0.1, 0.15) is 0 Å². The van der Waals surface area contributed by atoms with Gasteiger partial charge in [0, 0.05) is 13.1 Å². The number of hydrogen-bond donors (Lipinski definition) is 5. The molecule has 80 valence electrons. The average molecular weight is 206 g/mol. The summed E-state index contributed by atoms with van der Waals surface area (Å²) < 4.78 is 0. The number of nitrogens with two attached hydrogens (primary N) is 1. The Balaban J connectivity index is 5.06. The van der Waals surface area contributed by atoms with Crippen molar-refractivity contribution < 1.29 is 29.7 Å². The Hall–Kier alpha value is -1.67. The fraction of sp³-hybridized carbons (Fsp3) is 0.500. The molecule has 0 aliphatic rings. The largest absolute Gasteiger partial charge is 0.479 e. The van der Waals surface area contributed by atoms with Gasteiger partial charge in [-0.2, -0.15) is 0 Å². The maximum Gasteiger partial charge on any atom is 0.347 e. The van der Waals surface area contributed by atoms with Crippen LogP contribution in [0.3, 0.4) is 0 Å². The van der Waals surface area contributed by atoms with Crippen molar-refractivity contribution in [2.24, 2.45) is 5.73 Å². The topological polar surface area (TPSA) is 150 Å². The van der Waals surface area contributed by atoms with Gasteiger partial charge < -0.3 is 21.1 Å². The van der Waals surface area contributed by atoms with Crippen LogP contribution < -0.4 is 11.1 Å². The first-order valence-corrected chi connectivity index (χ1v) is 3.54. The molecule has 0 atom stereocenters. The quantitative estimate of drug-likeness (QED) is 0.300. The molecule has 14 heavy (non-hydrogen) atoms. The zero-order valence-corrected chi connectivity index (χ0v) is 7.06. The molecule has 8 heteroatoms. The zero-order chi connectivity index (χ0) is 11.4. The van der Waals surface area contributed by atoms with Crippen molar-refractivity contribution in [2.45, 2.75) is 5.54 Å². The molecule has 0 saturated carbocycles. The first kappa shape index (κ1) is 12.3. The highest BCUT2D eigenvalue weighted by Gasteiger charge is 2.54. The molecule has 0 unspecified atom stereocenters. The van der Waals surface area contributed by atoms with Crippen LogP contribution in [0.5, 0.6) is 0 Å². The van der Waals surface area contributed by atoms with Crippen LogP contribution in [0.2, 0.25) is 0 Å². The Kier molecular flexibility index (Phi) is 3.99. The van der Waals surface area contributed by atoms with Crippen LogP contribution in [0, 0.1) is 0 Å². The summed E-state index contributed by atoms with van der Waals surface area (Å²) >= 11 is 0. The van der Waals surface area contributed by atoms with Gasteiger partial charge in [0.2, 0.25) is 0 Å². The highest BCUT2D eigenvalue weighted by molar-refractivity contribution is 6.21. The van der Waals surface area contributed by atoms with E-state index in [1.54, 1.807) is 0 Å². The lowest BCUT2D eigenvalue weighted by atomic mass is 10.0. The zero-order valence-electron chi connectivity index (χ0n) is 7.06. The monoisotopic (exact) mass is 206 g/mol. The van der Waals surface area contributed by atoms with E-state index < -0.39 is 23.4 Å². The lowest BCUT2D eigenvalue weighted by Crippen LogP contribution is -2.64. The molecule has 0 radical (unpaired) electrons. The number of carbonyl (C=O) groups is 3. The molecule has 0 heterocycles. The van der Waals surface area contributed by atoms with Gasteiger partial charge in [0.25, 0.3) is 0 Å². The third kappa shape index (κ3) is 1.98. The van der Waals surface area contributed by atoms with Gasteiger partial charge in [-0.1, -0.05) is 0 Å². The number of carboxylic acid groups (broad SMARTS) is 3. The predicted octanol–water partition coefficient (Wildman–Crippen LogP) is -2.47. The molecular weight excluding hydrogens is 196 g/mol. The lowest BCUT2D eigenvalue weighted by Gasteiger charge is -2.20. The van der Waals surface area contributed by atoms with E-state index in [4.69, 9.17) is 21.1 Å². The molecule has 0 aromatic carbocycles. The first-order chi connectivity index (χ1) is 6.39. The number of rotatable bonds is 6. The Labute approximate surface area is 78.3 Å². The molecule has 0 saturated heterocycles. The fourth-order valence-electron chi connectivity index (χ4n) is 0.761. The Morgan fingerprint density at radius 1 is 1.07 bits per heavy atom. The Bertz CT molecular complexity index is 227. The van der Waals surface area contributed by atoms with E-state index in [1.807, 2.05) is 5.32 Å². The standard InChI is InChI=1S/C6H10N2O6/c7-1-2-8-6(3(9)10,4(11)12)5(13)14/h8H,1-2,7H2,(H,9,10)(H,11,12)(H,13,14). The SMILES string of the molecule is NCCNC(C(=O)O)(C(=O)O)C(=O)O. The molecule has 8 nitrogen and oxygen atoms in total. The molecule has 0 amide bonds. The van der Waals surface area contributed by atoms with Crippen LogP contribution in [0.4, 0.5) is 0 Å². The number of carboxylic acids is 3. The summed E-state index contributed by atoms with van der Waals surface area (Å²) in [7, 11) is 0. The van der Waals surface area contributed by atoms with E-state index in [-0.39, 0.29) is 13.1 Å². The van der Waals surface area contributed by atoms with E-state index in [0.29, 0.717) is 0 Å². The van der Waals surface area contributed by atoms with Crippen LogP contribution in [0.15, 0.2) is 0 Å². The van der Waals surface area contributed by atoms with Crippen molar-refractivity contribution >= 4 is 17.9 Å².